The van der Waals surface area contributed by atoms with Gasteiger partial charge in [0.1, 0.15) is 12.4 Å². The summed E-state index contributed by atoms with van der Waals surface area (Å²) in [5.74, 6) is 3.70. The summed E-state index contributed by atoms with van der Waals surface area (Å²) in [6, 6.07) is 7.37. The van der Waals surface area contributed by atoms with Gasteiger partial charge in [0.05, 0.1) is 12.7 Å². The first-order valence-corrected chi connectivity index (χ1v) is 8.17. The fraction of sp³-hybridized carbons (Fsp3) is 0.526. The maximum absolute atomic E-state index is 12.6. The van der Waals surface area contributed by atoms with Crippen molar-refractivity contribution in [2.45, 2.75) is 32.8 Å². The number of terminal acetylenes is 1. The van der Waals surface area contributed by atoms with Crippen LogP contribution in [-0.2, 0) is 4.74 Å². The third kappa shape index (κ3) is 5.30. The minimum absolute atomic E-state index is 0.0720. The van der Waals surface area contributed by atoms with Crippen molar-refractivity contribution >= 4 is 5.91 Å². The van der Waals surface area contributed by atoms with Gasteiger partial charge in [0.25, 0.3) is 5.91 Å². The molecule has 2 rings (SSSR count). The van der Waals surface area contributed by atoms with Crippen molar-refractivity contribution < 1.29 is 14.3 Å². The van der Waals surface area contributed by atoms with Crippen LogP contribution in [0.3, 0.4) is 0 Å². The largest absolute Gasteiger partial charge is 0.491 e. The Morgan fingerprint density at radius 1 is 1.39 bits per heavy atom. The molecule has 4 heteroatoms. The van der Waals surface area contributed by atoms with Gasteiger partial charge in [-0.25, -0.2) is 0 Å². The first-order valence-electron chi connectivity index (χ1n) is 8.17. The molecule has 0 radical (unpaired) electrons. The fourth-order valence-electron chi connectivity index (χ4n) is 2.80. The van der Waals surface area contributed by atoms with Gasteiger partial charge in [-0.05, 0) is 51.0 Å². The number of carbonyl (C=O) groups is 1. The first-order chi connectivity index (χ1) is 11.1. The smallest absolute Gasteiger partial charge is 0.253 e. The maximum Gasteiger partial charge on any atom is 0.253 e. The van der Waals surface area contributed by atoms with Crippen LogP contribution in [-0.4, -0.2) is 43.2 Å². The predicted octanol–water partition coefficient (Wildman–Crippen LogP) is 2.98. The number of benzene rings is 1. The summed E-state index contributed by atoms with van der Waals surface area (Å²) >= 11 is 0. The highest BCUT2D eigenvalue weighted by Crippen LogP contribution is 2.20. The Bertz CT molecular complexity index is 545. The molecule has 4 nitrogen and oxygen atoms in total. The molecule has 0 bridgehead atoms. The molecule has 0 saturated carbocycles. The number of piperidine rings is 1. The van der Waals surface area contributed by atoms with Crippen molar-refractivity contribution in [3.63, 3.8) is 0 Å². The lowest BCUT2D eigenvalue weighted by Crippen LogP contribution is -2.41. The summed E-state index contributed by atoms with van der Waals surface area (Å²) in [6.07, 6.45) is 7.40. The third-order valence-corrected chi connectivity index (χ3v) is 3.82. The van der Waals surface area contributed by atoms with Gasteiger partial charge in [-0.3, -0.25) is 4.79 Å². The van der Waals surface area contributed by atoms with Crippen molar-refractivity contribution in [2.24, 2.45) is 5.92 Å². The molecular formula is C19H25NO3. The van der Waals surface area contributed by atoms with Gasteiger partial charge in [0, 0.05) is 24.6 Å². The topological polar surface area (TPSA) is 38.8 Å². The molecule has 1 aliphatic heterocycles. The number of ether oxygens (including phenoxy) is 2. The van der Waals surface area contributed by atoms with Crippen LogP contribution in [0.15, 0.2) is 24.3 Å². The second-order valence-corrected chi connectivity index (χ2v) is 6.17. The highest BCUT2D eigenvalue weighted by atomic mass is 16.5. The molecule has 0 N–H and O–H groups in total. The highest BCUT2D eigenvalue weighted by Gasteiger charge is 2.24. The monoisotopic (exact) mass is 315 g/mol. The highest BCUT2D eigenvalue weighted by molar-refractivity contribution is 5.94. The van der Waals surface area contributed by atoms with Crippen LogP contribution in [0.5, 0.6) is 5.75 Å². The molecule has 0 aliphatic carbocycles. The standard InChI is InChI=1S/C19H25NO3/c1-4-12-22-14-16-6-5-11-20(13-16)19(21)17-7-9-18(10-8-17)23-15(2)3/h1,7-10,15-16H,5-6,11-14H2,2-3H3. The Kier molecular flexibility index (Phi) is 6.49. The number of nitrogens with zero attached hydrogens (tertiary/aromatic N) is 1. The fourth-order valence-corrected chi connectivity index (χ4v) is 2.80. The molecule has 1 aliphatic rings. The zero-order chi connectivity index (χ0) is 16.7. The minimum Gasteiger partial charge on any atom is -0.491 e. The number of amides is 1. The van der Waals surface area contributed by atoms with E-state index in [1.165, 1.54) is 0 Å². The number of carbonyl (C=O) groups excluding carboxylic acids is 1. The number of likely N-dealkylation sites (tertiary alicyclic amines) is 1. The Balaban J connectivity index is 1.92. The Labute approximate surface area is 138 Å². The SMILES string of the molecule is C#CCOCC1CCCN(C(=O)c2ccc(OC(C)C)cc2)C1. The van der Waals surface area contributed by atoms with Crippen molar-refractivity contribution in [1.29, 1.82) is 0 Å². The van der Waals surface area contributed by atoms with Crippen LogP contribution in [0, 0.1) is 18.3 Å². The average Bonchev–Trinajstić information content (AvgIpc) is 2.55. The van der Waals surface area contributed by atoms with Crippen molar-refractivity contribution in [1.82, 2.24) is 4.90 Å². The lowest BCUT2D eigenvalue weighted by molar-refractivity contribution is 0.0534. The van der Waals surface area contributed by atoms with Gasteiger partial charge in [-0.2, -0.15) is 0 Å². The van der Waals surface area contributed by atoms with Gasteiger partial charge in [-0.15, -0.1) is 6.42 Å². The zero-order valence-corrected chi connectivity index (χ0v) is 14.0. The van der Waals surface area contributed by atoms with Crippen molar-refractivity contribution in [3.05, 3.63) is 29.8 Å². The zero-order valence-electron chi connectivity index (χ0n) is 14.0. The van der Waals surface area contributed by atoms with E-state index < -0.39 is 0 Å². The molecule has 1 saturated heterocycles. The van der Waals surface area contributed by atoms with Gasteiger partial charge in [0.2, 0.25) is 0 Å². The number of rotatable bonds is 6. The summed E-state index contributed by atoms with van der Waals surface area (Å²) in [6.45, 7) is 6.45. The van der Waals surface area contributed by atoms with E-state index in [0.29, 0.717) is 24.7 Å². The summed E-state index contributed by atoms with van der Waals surface area (Å²) in [7, 11) is 0. The lowest BCUT2D eigenvalue weighted by atomic mass is 9.98. The first kappa shape index (κ1) is 17.4. The molecule has 0 spiro atoms. The van der Waals surface area contributed by atoms with Crippen LogP contribution in [0.2, 0.25) is 0 Å². The molecule has 1 fully saturated rings. The van der Waals surface area contributed by atoms with E-state index in [2.05, 4.69) is 5.92 Å². The van der Waals surface area contributed by atoms with Gasteiger partial charge < -0.3 is 14.4 Å². The summed E-state index contributed by atoms with van der Waals surface area (Å²) < 4.78 is 11.0. The average molecular weight is 315 g/mol. The van der Waals surface area contributed by atoms with Crippen LogP contribution in [0.4, 0.5) is 0 Å². The molecule has 0 aromatic heterocycles. The Hall–Kier alpha value is -1.99. The Morgan fingerprint density at radius 2 is 2.13 bits per heavy atom. The van der Waals surface area contributed by atoms with E-state index in [-0.39, 0.29) is 12.0 Å². The second kappa shape index (κ2) is 8.59. The summed E-state index contributed by atoms with van der Waals surface area (Å²) in [5.41, 5.74) is 0.700. The molecule has 1 atom stereocenters. The molecule has 124 valence electrons. The van der Waals surface area contributed by atoms with Gasteiger partial charge in [0.15, 0.2) is 0 Å². The second-order valence-electron chi connectivity index (χ2n) is 6.17. The van der Waals surface area contributed by atoms with Gasteiger partial charge in [-0.1, -0.05) is 5.92 Å². The van der Waals surface area contributed by atoms with Crippen molar-refractivity contribution in [3.8, 4) is 18.1 Å². The molecule has 1 aromatic rings. The van der Waals surface area contributed by atoms with Gasteiger partial charge >= 0.3 is 0 Å². The molecular weight excluding hydrogens is 290 g/mol. The van der Waals surface area contributed by atoms with Crippen LogP contribution >= 0.6 is 0 Å². The van der Waals surface area contributed by atoms with E-state index in [1.807, 2.05) is 43.0 Å². The normalized spacial score (nSPS) is 17.8. The third-order valence-electron chi connectivity index (χ3n) is 3.82. The van der Waals surface area contributed by atoms with E-state index >= 15 is 0 Å². The minimum atomic E-state index is 0.0720. The van der Waals surface area contributed by atoms with E-state index in [0.717, 1.165) is 31.7 Å². The molecule has 23 heavy (non-hydrogen) atoms. The van der Waals surface area contributed by atoms with Crippen LogP contribution in [0.1, 0.15) is 37.0 Å². The summed E-state index contributed by atoms with van der Waals surface area (Å²) in [5, 5.41) is 0. The molecule has 1 unspecified atom stereocenters. The van der Waals surface area contributed by atoms with Crippen molar-refractivity contribution in [2.75, 3.05) is 26.3 Å². The maximum atomic E-state index is 12.6. The molecule has 1 amide bonds. The van der Waals surface area contributed by atoms with E-state index in [1.54, 1.807) is 0 Å². The molecule has 1 aromatic carbocycles. The summed E-state index contributed by atoms with van der Waals surface area (Å²) in [4.78, 5) is 14.5. The van der Waals surface area contributed by atoms with E-state index in [4.69, 9.17) is 15.9 Å². The molecule has 1 heterocycles. The quantitative estimate of drug-likeness (QED) is 0.598. The van der Waals surface area contributed by atoms with Crippen LogP contribution < -0.4 is 4.74 Å². The number of hydrogen-bond acceptors (Lipinski definition) is 3. The predicted molar refractivity (Wildman–Crippen MR) is 90.5 cm³/mol. The van der Waals surface area contributed by atoms with E-state index in [9.17, 15) is 4.79 Å². The van der Waals surface area contributed by atoms with Crippen LogP contribution in [0.25, 0.3) is 0 Å². The lowest BCUT2D eigenvalue weighted by Gasteiger charge is -2.32. The number of hydrogen-bond donors (Lipinski definition) is 0. The Morgan fingerprint density at radius 3 is 2.78 bits per heavy atom.